The SMILES string of the molecule is Fc1cc(F)cc(-c2cc(-n3c4ccc(-c5ccc(-c6ccccc6)nc5)cc4c4cc(-c5ccc(-c6ccccc6)nc5)ccc43)c(C(F)(F)F)c(-n3c4ccc(-c5ccc(-c6ccccc6)nc5)cc4c4cc(-c5ccc(-c6ccccc6)nc5)ccc43)c2)c1. The van der Waals surface area contributed by atoms with Crippen LogP contribution in [0.15, 0.2) is 298 Å². The number of pyridine rings is 4. The van der Waals surface area contributed by atoms with Gasteiger partial charge in [0.05, 0.1) is 56.2 Å². The van der Waals surface area contributed by atoms with Gasteiger partial charge in [0.2, 0.25) is 0 Å². The molecular weight excluding hydrogens is 1150 g/mol. The average Bonchev–Trinajstić information content (AvgIpc) is 1.53. The molecule has 0 bridgehead atoms. The van der Waals surface area contributed by atoms with Gasteiger partial charge in [0.25, 0.3) is 0 Å². The predicted octanol–water partition coefficient (Wildman–Crippen LogP) is 21.8. The first kappa shape index (κ1) is 55.4. The van der Waals surface area contributed by atoms with Crippen molar-refractivity contribution in [3.8, 4) is 112 Å². The standard InChI is InChI=1S/C81H49F5N6/c82-64-37-62(38-65(83)45-64)63-43-78(91-74-33-25-54(58-21-29-70(87-46-58)50-13-5-1-6-14-50)39-66(74)67-40-55(26-34-75(67)91)59-22-30-71(88-47-59)51-15-7-2-8-16-51)80(81(84,85)86)79(44-63)92-76-35-27-56(60-23-31-72(89-48-60)52-17-9-3-10-18-52)41-68(76)69-42-57(28-36-77(69)92)61-24-32-73(90-49-61)53-19-11-4-12-20-53/h1-49H. The maximum atomic E-state index is 17.3. The van der Waals surface area contributed by atoms with E-state index in [2.05, 4.69) is 0 Å². The fourth-order valence-electron chi connectivity index (χ4n) is 12.8. The van der Waals surface area contributed by atoms with E-state index >= 15 is 22.0 Å². The molecule has 92 heavy (non-hydrogen) atoms. The molecule has 438 valence electrons. The number of alkyl halides is 3. The van der Waals surface area contributed by atoms with E-state index in [0.717, 1.165) is 108 Å². The van der Waals surface area contributed by atoms with E-state index in [0.29, 0.717) is 43.6 Å². The molecule has 0 aliphatic carbocycles. The topological polar surface area (TPSA) is 61.4 Å². The molecule has 16 rings (SSSR count). The molecule has 10 aromatic carbocycles. The highest BCUT2D eigenvalue weighted by molar-refractivity contribution is 6.14. The second-order valence-electron chi connectivity index (χ2n) is 22.8. The van der Waals surface area contributed by atoms with Crippen LogP contribution < -0.4 is 0 Å². The molecule has 0 saturated heterocycles. The van der Waals surface area contributed by atoms with Gasteiger partial charge in [0, 0.05) is 96.9 Å². The van der Waals surface area contributed by atoms with Crippen molar-refractivity contribution in [1.82, 2.24) is 29.1 Å². The summed E-state index contributed by atoms with van der Waals surface area (Å²) in [6.07, 6.45) is 2.17. The fourth-order valence-corrected chi connectivity index (χ4v) is 12.8. The molecule has 11 heteroatoms. The van der Waals surface area contributed by atoms with Crippen molar-refractivity contribution in [1.29, 1.82) is 0 Å². The number of benzene rings is 10. The van der Waals surface area contributed by atoms with Gasteiger partial charge in [0.1, 0.15) is 17.2 Å². The van der Waals surface area contributed by atoms with Gasteiger partial charge < -0.3 is 9.13 Å². The van der Waals surface area contributed by atoms with Gasteiger partial charge in [-0.25, -0.2) is 8.78 Å². The Labute approximate surface area is 525 Å². The Kier molecular flexibility index (Phi) is 13.6. The van der Waals surface area contributed by atoms with Crippen molar-refractivity contribution in [2.45, 2.75) is 6.18 Å². The van der Waals surface area contributed by atoms with Crippen LogP contribution in [0.5, 0.6) is 0 Å². The maximum Gasteiger partial charge on any atom is 0.420 e. The van der Waals surface area contributed by atoms with E-state index in [1.54, 1.807) is 33.9 Å². The molecule has 0 N–H and O–H groups in total. The number of fused-ring (bicyclic) bond motifs is 6. The first-order valence-corrected chi connectivity index (χ1v) is 30.0. The predicted molar refractivity (Wildman–Crippen MR) is 360 cm³/mol. The number of hydrogen-bond donors (Lipinski definition) is 0. The number of rotatable bonds is 11. The fraction of sp³-hybridized carbons (Fsp3) is 0.0123. The average molecular weight is 1200 g/mol. The number of halogens is 5. The Hall–Kier alpha value is -12.0. The normalized spacial score (nSPS) is 11.8. The largest absolute Gasteiger partial charge is 0.420 e. The summed E-state index contributed by atoms with van der Waals surface area (Å²) in [5.41, 5.74) is 13.9. The molecule has 0 amide bonds. The molecule has 0 saturated carbocycles. The lowest BCUT2D eigenvalue weighted by Crippen LogP contribution is -2.16. The minimum atomic E-state index is -5.04. The van der Waals surface area contributed by atoms with Crippen molar-refractivity contribution in [2.75, 3.05) is 0 Å². The van der Waals surface area contributed by atoms with Gasteiger partial charge in [-0.1, -0.05) is 170 Å². The summed E-state index contributed by atoms with van der Waals surface area (Å²) < 4.78 is 86.6. The summed E-state index contributed by atoms with van der Waals surface area (Å²) in [6.45, 7) is 0. The molecule has 0 fully saturated rings. The zero-order valence-corrected chi connectivity index (χ0v) is 48.9. The maximum absolute atomic E-state index is 17.3. The number of hydrogen-bond acceptors (Lipinski definition) is 4. The first-order chi connectivity index (χ1) is 45.0. The van der Waals surface area contributed by atoms with Crippen molar-refractivity contribution < 1.29 is 22.0 Å². The van der Waals surface area contributed by atoms with Crippen LogP contribution in [0.1, 0.15) is 5.56 Å². The van der Waals surface area contributed by atoms with Gasteiger partial charge >= 0.3 is 6.18 Å². The van der Waals surface area contributed by atoms with Crippen LogP contribution in [0, 0.1) is 11.6 Å². The van der Waals surface area contributed by atoms with Crippen LogP contribution in [0.25, 0.3) is 156 Å². The van der Waals surface area contributed by atoms with Crippen molar-refractivity contribution in [2.24, 2.45) is 0 Å². The Morgan fingerprint density at radius 2 is 0.500 bits per heavy atom. The van der Waals surface area contributed by atoms with E-state index in [4.69, 9.17) is 19.9 Å². The Morgan fingerprint density at radius 3 is 0.750 bits per heavy atom. The Morgan fingerprint density at radius 1 is 0.239 bits per heavy atom. The molecule has 0 aliphatic rings. The second-order valence-corrected chi connectivity index (χ2v) is 22.8. The zero-order chi connectivity index (χ0) is 62.0. The smallest absolute Gasteiger partial charge is 0.309 e. The van der Waals surface area contributed by atoms with Gasteiger partial charge in [0.15, 0.2) is 0 Å². The monoisotopic (exact) mass is 1200 g/mol. The quantitative estimate of drug-likeness (QED) is 0.121. The molecule has 0 atom stereocenters. The molecule has 6 heterocycles. The van der Waals surface area contributed by atoms with E-state index in [-0.39, 0.29) is 22.5 Å². The lowest BCUT2D eigenvalue weighted by atomic mass is 9.98. The van der Waals surface area contributed by atoms with Gasteiger partial charge in [-0.15, -0.1) is 0 Å². The van der Waals surface area contributed by atoms with Crippen LogP contribution in [0.3, 0.4) is 0 Å². The third-order valence-corrected chi connectivity index (χ3v) is 17.3. The molecule has 6 aromatic heterocycles. The van der Waals surface area contributed by atoms with Crippen molar-refractivity contribution >= 4 is 43.6 Å². The van der Waals surface area contributed by atoms with E-state index in [1.807, 2.05) is 243 Å². The summed E-state index contributed by atoms with van der Waals surface area (Å²) >= 11 is 0. The van der Waals surface area contributed by atoms with Crippen LogP contribution >= 0.6 is 0 Å². The van der Waals surface area contributed by atoms with Crippen LogP contribution in [-0.4, -0.2) is 29.1 Å². The first-order valence-electron chi connectivity index (χ1n) is 30.0. The third kappa shape index (κ3) is 10.1. The van der Waals surface area contributed by atoms with Crippen LogP contribution in [0.2, 0.25) is 0 Å². The molecule has 0 radical (unpaired) electrons. The van der Waals surface area contributed by atoms with Gasteiger partial charge in [-0.05, 0) is 130 Å². The van der Waals surface area contributed by atoms with Gasteiger partial charge in [-0.2, -0.15) is 13.2 Å². The minimum Gasteiger partial charge on any atom is -0.309 e. The molecule has 16 aromatic rings. The Bertz CT molecular complexity index is 4850. The van der Waals surface area contributed by atoms with Crippen LogP contribution in [-0.2, 0) is 6.18 Å². The number of aromatic nitrogens is 6. The summed E-state index contributed by atoms with van der Waals surface area (Å²) in [6, 6.07) is 84.0. The molecule has 0 aliphatic heterocycles. The third-order valence-electron chi connectivity index (χ3n) is 17.3. The lowest BCUT2D eigenvalue weighted by molar-refractivity contribution is -0.137. The molecule has 0 unspecified atom stereocenters. The minimum absolute atomic E-state index is 0.0465. The highest BCUT2D eigenvalue weighted by Crippen LogP contribution is 2.48. The number of nitrogens with zero attached hydrogens (tertiary/aromatic N) is 6. The molecular formula is C81H49F5N6. The summed E-state index contributed by atoms with van der Waals surface area (Å²) in [5, 5.41) is 2.64. The Balaban J connectivity index is 0.941. The van der Waals surface area contributed by atoms with E-state index < -0.39 is 23.4 Å². The van der Waals surface area contributed by atoms with Crippen molar-refractivity contribution in [3.05, 3.63) is 315 Å². The van der Waals surface area contributed by atoms with Crippen molar-refractivity contribution in [3.63, 3.8) is 0 Å². The second kappa shape index (κ2) is 22.6. The lowest BCUT2D eigenvalue weighted by Gasteiger charge is -2.23. The van der Waals surface area contributed by atoms with E-state index in [9.17, 15) is 0 Å². The highest BCUT2D eigenvalue weighted by atomic mass is 19.4. The summed E-state index contributed by atoms with van der Waals surface area (Å²) in [7, 11) is 0. The molecule has 6 nitrogen and oxygen atoms in total. The summed E-state index contributed by atoms with van der Waals surface area (Å²) in [5.74, 6) is -1.76. The molecule has 0 spiro atoms. The van der Waals surface area contributed by atoms with E-state index in [1.165, 1.54) is 12.1 Å². The van der Waals surface area contributed by atoms with Crippen LogP contribution in [0.4, 0.5) is 22.0 Å². The van der Waals surface area contributed by atoms with Gasteiger partial charge in [-0.3, -0.25) is 19.9 Å². The summed E-state index contributed by atoms with van der Waals surface area (Å²) in [4.78, 5) is 19.4. The zero-order valence-electron chi connectivity index (χ0n) is 48.9. The highest BCUT2D eigenvalue weighted by Gasteiger charge is 2.40.